The van der Waals surface area contributed by atoms with Gasteiger partial charge in [-0.05, 0) is 37.0 Å². The normalized spacial score (nSPS) is 22.9. The number of aryl methyl sites for hydroxylation is 1. The summed E-state index contributed by atoms with van der Waals surface area (Å²) in [7, 11) is -3.66. The van der Waals surface area contributed by atoms with Gasteiger partial charge < -0.3 is 14.8 Å². The number of nitrogens with one attached hydrogen (secondary N) is 1. The van der Waals surface area contributed by atoms with Crippen LogP contribution in [0.25, 0.3) is 0 Å². The maximum atomic E-state index is 12.8. The van der Waals surface area contributed by atoms with Gasteiger partial charge >= 0.3 is 5.97 Å². The second-order valence-electron chi connectivity index (χ2n) is 6.97. The number of nitrogens with zero attached hydrogens (tertiary/aromatic N) is 1. The molecule has 1 aliphatic carbocycles. The van der Waals surface area contributed by atoms with Crippen LogP contribution in [0.2, 0.25) is 0 Å². The minimum Gasteiger partial charge on any atom is -0.455 e. The monoisotopic (exact) mass is 396 g/mol. The van der Waals surface area contributed by atoms with E-state index in [-0.39, 0.29) is 23.4 Å². The zero-order valence-corrected chi connectivity index (χ0v) is 16.3. The number of hydrogen-bond acceptors (Lipinski definition) is 6. The van der Waals surface area contributed by atoms with Gasteiger partial charge in [0.15, 0.2) is 6.61 Å². The van der Waals surface area contributed by atoms with Crippen molar-refractivity contribution in [3.8, 4) is 0 Å². The van der Waals surface area contributed by atoms with Gasteiger partial charge in [-0.3, -0.25) is 9.59 Å². The van der Waals surface area contributed by atoms with Crippen molar-refractivity contribution in [3.05, 3.63) is 23.8 Å². The zero-order valence-electron chi connectivity index (χ0n) is 15.4. The number of sulfonamides is 1. The molecule has 2 fully saturated rings. The Kier molecular flexibility index (Phi) is 5.83. The molecule has 0 radical (unpaired) electrons. The van der Waals surface area contributed by atoms with Crippen LogP contribution in [-0.2, 0) is 29.1 Å². The number of rotatable bonds is 6. The maximum absolute atomic E-state index is 12.8. The lowest BCUT2D eigenvalue weighted by Gasteiger charge is -2.26. The Morgan fingerprint density at radius 3 is 2.59 bits per heavy atom. The molecule has 1 N–H and O–H groups in total. The third-order valence-corrected chi connectivity index (χ3v) is 6.74. The number of amides is 1. The fourth-order valence-corrected chi connectivity index (χ4v) is 4.35. The smallest absolute Gasteiger partial charge is 0.309 e. The van der Waals surface area contributed by atoms with E-state index in [0.717, 1.165) is 6.42 Å². The molecule has 1 aromatic carbocycles. The van der Waals surface area contributed by atoms with Crippen molar-refractivity contribution < 1.29 is 27.5 Å². The summed E-state index contributed by atoms with van der Waals surface area (Å²) in [5, 5.41) is 2.63. The van der Waals surface area contributed by atoms with Gasteiger partial charge in [-0.25, -0.2) is 8.42 Å². The predicted octanol–water partition coefficient (Wildman–Crippen LogP) is 1.15. The molecule has 9 heteroatoms. The third-order valence-electron chi connectivity index (χ3n) is 4.85. The highest BCUT2D eigenvalue weighted by Gasteiger charge is 2.40. The van der Waals surface area contributed by atoms with Crippen molar-refractivity contribution in [2.75, 3.05) is 38.2 Å². The molecule has 1 saturated carbocycles. The Labute approximate surface area is 158 Å². The van der Waals surface area contributed by atoms with Gasteiger partial charge in [-0.1, -0.05) is 13.0 Å². The number of carbonyl (C=O) groups excluding carboxylic acids is 2. The molecule has 0 unspecified atom stereocenters. The van der Waals surface area contributed by atoms with Crippen LogP contribution in [0.1, 0.15) is 18.9 Å². The summed E-state index contributed by atoms with van der Waals surface area (Å²) in [6.45, 7) is 4.65. The van der Waals surface area contributed by atoms with Crippen LogP contribution in [0, 0.1) is 18.8 Å². The SMILES string of the molecule is Cc1ccc(S(=O)(=O)N2CCOCC2)cc1NC(=O)COC(=O)[C@@H]1C[C@@H]1C. The molecule has 8 nitrogen and oxygen atoms in total. The molecule has 3 rings (SSSR count). The zero-order chi connectivity index (χ0) is 19.6. The van der Waals surface area contributed by atoms with Crippen LogP contribution < -0.4 is 5.32 Å². The van der Waals surface area contributed by atoms with Gasteiger partial charge in [-0.2, -0.15) is 4.31 Å². The Bertz CT molecular complexity index is 832. The minimum absolute atomic E-state index is 0.106. The standard InChI is InChI=1S/C18H24N2O6S/c1-12-3-4-14(27(23,24)20-5-7-25-8-6-20)10-16(12)19-17(21)11-26-18(22)15-9-13(15)2/h3-4,10,13,15H,5-9,11H2,1-2H3,(H,19,21)/t13-,15+/m0/s1. The fraction of sp³-hybridized carbons (Fsp3) is 0.556. The summed E-state index contributed by atoms with van der Waals surface area (Å²) in [5.74, 6) is -0.662. The first-order valence-electron chi connectivity index (χ1n) is 8.94. The highest BCUT2D eigenvalue weighted by atomic mass is 32.2. The van der Waals surface area contributed by atoms with Crippen LogP contribution in [0.4, 0.5) is 5.69 Å². The van der Waals surface area contributed by atoms with Gasteiger partial charge in [0.25, 0.3) is 5.91 Å². The Balaban J connectivity index is 1.66. The van der Waals surface area contributed by atoms with Crippen molar-refractivity contribution in [2.45, 2.75) is 25.2 Å². The molecule has 1 saturated heterocycles. The molecule has 1 amide bonds. The highest BCUT2D eigenvalue weighted by Crippen LogP contribution is 2.38. The second kappa shape index (κ2) is 7.95. The van der Waals surface area contributed by atoms with E-state index in [0.29, 0.717) is 43.5 Å². The van der Waals surface area contributed by atoms with Gasteiger partial charge in [0.1, 0.15) is 0 Å². The number of esters is 1. The van der Waals surface area contributed by atoms with Gasteiger partial charge in [-0.15, -0.1) is 0 Å². The number of anilines is 1. The lowest BCUT2D eigenvalue weighted by atomic mass is 10.2. The van der Waals surface area contributed by atoms with E-state index >= 15 is 0 Å². The second-order valence-corrected chi connectivity index (χ2v) is 8.91. The fourth-order valence-electron chi connectivity index (χ4n) is 2.91. The quantitative estimate of drug-likeness (QED) is 0.724. The third kappa shape index (κ3) is 4.66. The largest absolute Gasteiger partial charge is 0.455 e. The van der Waals surface area contributed by atoms with E-state index in [1.165, 1.54) is 16.4 Å². The molecular weight excluding hydrogens is 372 g/mol. The summed E-state index contributed by atoms with van der Waals surface area (Å²) >= 11 is 0. The van der Waals surface area contributed by atoms with Gasteiger partial charge in [0.2, 0.25) is 10.0 Å². The van der Waals surface area contributed by atoms with Crippen molar-refractivity contribution >= 4 is 27.6 Å². The summed E-state index contributed by atoms with van der Waals surface area (Å²) in [6, 6.07) is 4.59. The van der Waals surface area contributed by atoms with Crippen LogP contribution in [0.3, 0.4) is 0 Å². The van der Waals surface area contributed by atoms with Crippen LogP contribution in [0.5, 0.6) is 0 Å². The first-order valence-corrected chi connectivity index (χ1v) is 10.4. The maximum Gasteiger partial charge on any atom is 0.309 e. The summed E-state index contributed by atoms with van der Waals surface area (Å²) in [4.78, 5) is 23.9. The summed E-state index contributed by atoms with van der Waals surface area (Å²) in [6.07, 6.45) is 0.793. The lowest BCUT2D eigenvalue weighted by Crippen LogP contribution is -2.40. The summed E-state index contributed by atoms with van der Waals surface area (Å²) in [5.41, 5.74) is 1.09. The average Bonchev–Trinajstić information content (AvgIpc) is 3.39. The first kappa shape index (κ1) is 19.8. The van der Waals surface area contributed by atoms with Crippen LogP contribution >= 0.6 is 0 Å². The molecule has 0 bridgehead atoms. The molecule has 1 aromatic rings. The highest BCUT2D eigenvalue weighted by molar-refractivity contribution is 7.89. The van der Waals surface area contributed by atoms with Crippen LogP contribution in [0.15, 0.2) is 23.1 Å². The average molecular weight is 396 g/mol. The summed E-state index contributed by atoms with van der Waals surface area (Å²) < 4.78 is 37.1. The van der Waals surface area contributed by atoms with E-state index < -0.39 is 15.9 Å². The first-order chi connectivity index (χ1) is 12.8. The Morgan fingerprint density at radius 2 is 1.96 bits per heavy atom. The molecule has 1 aliphatic heterocycles. The Morgan fingerprint density at radius 1 is 1.30 bits per heavy atom. The minimum atomic E-state index is -3.66. The van der Waals surface area contributed by atoms with Gasteiger partial charge in [0, 0.05) is 18.8 Å². The van der Waals surface area contributed by atoms with E-state index in [1.807, 2.05) is 6.92 Å². The van der Waals surface area contributed by atoms with Crippen LogP contribution in [-0.4, -0.2) is 57.5 Å². The van der Waals surface area contributed by atoms with Gasteiger partial charge in [0.05, 0.1) is 24.0 Å². The molecule has 27 heavy (non-hydrogen) atoms. The van der Waals surface area contributed by atoms with E-state index in [4.69, 9.17) is 9.47 Å². The van der Waals surface area contributed by atoms with Crippen molar-refractivity contribution in [1.29, 1.82) is 0 Å². The molecule has 2 aliphatic rings. The number of morpholine rings is 1. The molecule has 148 valence electrons. The predicted molar refractivity (Wildman–Crippen MR) is 97.6 cm³/mol. The number of hydrogen-bond donors (Lipinski definition) is 1. The van der Waals surface area contributed by atoms with E-state index in [9.17, 15) is 18.0 Å². The molecular formula is C18H24N2O6S. The molecule has 2 atom stereocenters. The Hall–Kier alpha value is -1.97. The molecule has 1 heterocycles. The van der Waals surface area contributed by atoms with E-state index in [2.05, 4.69) is 5.32 Å². The number of ether oxygens (including phenoxy) is 2. The molecule has 0 spiro atoms. The number of carbonyl (C=O) groups is 2. The topological polar surface area (TPSA) is 102 Å². The van der Waals surface area contributed by atoms with Crippen molar-refractivity contribution in [2.24, 2.45) is 11.8 Å². The van der Waals surface area contributed by atoms with Crippen molar-refractivity contribution in [1.82, 2.24) is 4.31 Å². The number of benzene rings is 1. The lowest BCUT2D eigenvalue weighted by molar-refractivity contribution is -0.148. The van der Waals surface area contributed by atoms with E-state index in [1.54, 1.807) is 13.0 Å². The molecule has 0 aromatic heterocycles. The van der Waals surface area contributed by atoms with Crippen molar-refractivity contribution in [3.63, 3.8) is 0 Å².